The lowest BCUT2D eigenvalue weighted by Crippen LogP contribution is -2.29. The van der Waals surface area contributed by atoms with E-state index >= 15 is 0 Å². The molecule has 1 unspecified atom stereocenters. The summed E-state index contributed by atoms with van der Waals surface area (Å²) in [5, 5.41) is 11.9. The molecule has 5 rings (SSSR count). The average Bonchev–Trinajstić information content (AvgIpc) is 3.32. The molecule has 4 aromatic rings. The third kappa shape index (κ3) is 3.69. The molecule has 3 aromatic carbocycles. The highest BCUT2D eigenvalue weighted by atomic mass is 35.5. The molecule has 1 saturated heterocycles. The first-order valence-corrected chi connectivity index (χ1v) is 11.2. The topological polar surface area (TPSA) is 70.5 Å². The van der Waals surface area contributed by atoms with E-state index in [1.807, 2.05) is 6.92 Å². The van der Waals surface area contributed by atoms with Crippen LogP contribution in [0.1, 0.15) is 22.7 Å². The number of nitrogens with zero attached hydrogens (tertiary/aromatic N) is 2. The molecule has 0 spiro atoms. The van der Waals surface area contributed by atoms with Crippen molar-refractivity contribution in [1.82, 2.24) is 4.98 Å². The van der Waals surface area contributed by atoms with Crippen LogP contribution < -0.4 is 4.90 Å². The second kappa shape index (κ2) is 8.10. The molecule has 164 valence electrons. The van der Waals surface area contributed by atoms with E-state index in [-0.39, 0.29) is 16.5 Å². The maximum Gasteiger partial charge on any atom is 0.301 e. The monoisotopic (exact) mass is 478 g/mol. The van der Waals surface area contributed by atoms with Gasteiger partial charge in [0.25, 0.3) is 5.78 Å². The van der Waals surface area contributed by atoms with Crippen molar-refractivity contribution in [2.75, 3.05) is 4.90 Å². The molecule has 0 bridgehead atoms. The highest BCUT2D eigenvalue weighted by molar-refractivity contribution is 7.22. The number of aromatic nitrogens is 1. The van der Waals surface area contributed by atoms with Crippen LogP contribution in [0.3, 0.4) is 0 Å². The minimum atomic E-state index is -0.970. The largest absolute Gasteiger partial charge is 0.507 e. The van der Waals surface area contributed by atoms with E-state index in [4.69, 9.17) is 11.6 Å². The number of aryl methyl sites for hydroxylation is 1. The van der Waals surface area contributed by atoms with Crippen LogP contribution in [-0.2, 0) is 9.59 Å². The number of rotatable bonds is 3. The Balaban J connectivity index is 1.73. The fourth-order valence-electron chi connectivity index (χ4n) is 3.85. The Bertz CT molecular complexity index is 1450. The van der Waals surface area contributed by atoms with Gasteiger partial charge in [-0.3, -0.25) is 14.5 Å². The summed E-state index contributed by atoms with van der Waals surface area (Å²) < 4.78 is 14.4. The summed E-state index contributed by atoms with van der Waals surface area (Å²) in [6.07, 6.45) is 0. The first-order chi connectivity index (χ1) is 15.8. The lowest BCUT2D eigenvalue weighted by molar-refractivity contribution is -0.132. The number of Topliss-reactive ketones (excluding diaryl/α,β-unsaturated/α-hetero) is 1. The predicted octanol–water partition coefficient (Wildman–Crippen LogP) is 6.02. The van der Waals surface area contributed by atoms with E-state index in [1.165, 1.54) is 40.5 Å². The summed E-state index contributed by atoms with van der Waals surface area (Å²) in [4.78, 5) is 32.1. The molecule has 0 radical (unpaired) electrons. The van der Waals surface area contributed by atoms with E-state index in [9.17, 15) is 19.1 Å². The van der Waals surface area contributed by atoms with Gasteiger partial charge in [0.1, 0.15) is 11.6 Å². The Kier molecular flexibility index (Phi) is 5.23. The SMILES string of the molecule is Cc1ccc(/C(O)=C2\C(=O)C(=O)N(c3nc4ccc(Cl)cc4s3)C2c2ccc(F)cc2)cc1. The standard InChI is InChI=1S/C25H16ClFN2O3S/c1-13-2-4-15(5-3-13)22(30)20-21(14-6-9-17(27)10-7-14)29(24(32)23(20)31)25-28-18-11-8-16(26)12-19(18)33-25/h2-12,21,30H,1H3/b22-20+. The minimum absolute atomic E-state index is 0.0762. The number of anilines is 1. The fourth-order valence-corrected chi connectivity index (χ4v) is 5.11. The maximum absolute atomic E-state index is 13.7. The number of aliphatic hydroxyl groups excluding tert-OH is 1. The number of benzene rings is 3. The number of carbonyl (C=O) groups is 2. The number of aliphatic hydroxyl groups is 1. The van der Waals surface area contributed by atoms with Gasteiger partial charge in [0.2, 0.25) is 0 Å². The lowest BCUT2D eigenvalue weighted by atomic mass is 9.95. The number of carbonyl (C=O) groups excluding carboxylic acids is 2. The second-order valence-electron chi connectivity index (χ2n) is 7.70. The van der Waals surface area contributed by atoms with Crippen molar-refractivity contribution >= 4 is 55.7 Å². The lowest BCUT2D eigenvalue weighted by Gasteiger charge is -2.23. The van der Waals surface area contributed by atoms with Crippen LogP contribution in [0.25, 0.3) is 16.0 Å². The number of ketones is 1. The van der Waals surface area contributed by atoms with Gasteiger partial charge in [-0.1, -0.05) is 64.9 Å². The van der Waals surface area contributed by atoms with Gasteiger partial charge in [-0.15, -0.1) is 0 Å². The number of halogens is 2. The van der Waals surface area contributed by atoms with Crippen LogP contribution in [0.15, 0.2) is 72.3 Å². The fraction of sp³-hybridized carbons (Fsp3) is 0.0800. The molecule has 5 nitrogen and oxygen atoms in total. The molecule has 33 heavy (non-hydrogen) atoms. The molecule has 1 aromatic heterocycles. The van der Waals surface area contributed by atoms with Crippen molar-refractivity contribution in [3.05, 3.63) is 99.8 Å². The zero-order valence-corrected chi connectivity index (χ0v) is 18.8. The Labute approximate surface area is 197 Å². The molecular weight excluding hydrogens is 463 g/mol. The van der Waals surface area contributed by atoms with Crippen molar-refractivity contribution in [2.24, 2.45) is 0 Å². The number of fused-ring (bicyclic) bond motifs is 1. The molecule has 1 aliphatic heterocycles. The van der Waals surface area contributed by atoms with Crippen molar-refractivity contribution in [1.29, 1.82) is 0 Å². The molecule has 1 N–H and O–H groups in total. The molecule has 2 heterocycles. The maximum atomic E-state index is 13.7. The van der Waals surface area contributed by atoms with Crippen LogP contribution in [0, 0.1) is 12.7 Å². The number of hydrogen-bond acceptors (Lipinski definition) is 5. The first-order valence-electron chi connectivity index (χ1n) is 10.0. The van der Waals surface area contributed by atoms with Crippen LogP contribution >= 0.6 is 22.9 Å². The van der Waals surface area contributed by atoms with Gasteiger partial charge in [-0.25, -0.2) is 9.37 Å². The Hall–Kier alpha value is -3.55. The van der Waals surface area contributed by atoms with E-state index in [0.29, 0.717) is 21.7 Å². The normalized spacial score (nSPS) is 17.8. The molecule has 1 aliphatic rings. The Morgan fingerprint density at radius 1 is 1.06 bits per heavy atom. The van der Waals surface area contributed by atoms with Gasteiger partial charge in [-0.05, 0) is 42.8 Å². The van der Waals surface area contributed by atoms with Crippen LogP contribution in [0.2, 0.25) is 5.02 Å². The number of thiazole rings is 1. The van der Waals surface area contributed by atoms with Crippen molar-refractivity contribution in [3.8, 4) is 0 Å². The summed E-state index contributed by atoms with van der Waals surface area (Å²) >= 11 is 7.30. The van der Waals surface area contributed by atoms with Crippen LogP contribution in [-0.4, -0.2) is 21.8 Å². The molecule has 8 heteroatoms. The quantitative estimate of drug-likeness (QED) is 0.222. The van der Waals surface area contributed by atoms with Crippen molar-refractivity contribution < 1.29 is 19.1 Å². The second-order valence-corrected chi connectivity index (χ2v) is 9.14. The van der Waals surface area contributed by atoms with E-state index < -0.39 is 23.5 Å². The van der Waals surface area contributed by atoms with E-state index in [2.05, 4.69) is 4.98 Å². The van der Waals surface area contributed by atoms with Crippen molar-refractivity contribution in [2.45, 2.75) is 13.0 Å². The van der Waals surface area contributed by atoms with Crippen molar-refractivity contribution in [3.63, 3.8) is 0 Å². The summed E-state index contributed by atoms with van der Waals surface area (Å²) in [5.74, 6) is -2.40. The van der Waals surface area contributed by atoms with Gasteiger partial charge in [0.15, 0.2) is 5.13 Å². The smallest absolute Gasteiger partial charge is 0.301 e. The van der Waals surface area contributed by atoms with Crippen LogP contribution in [0.5, 0.6) is 0 Å². The van der Waals surface area contributed by atoms with E-state index in [0.717, 1.165) is 10.3 Å². The molecule has 0 saturated carbocycles. The highest BCUT2D eigenvalue weighted by Gasteiger charge is 2.48. The Morgan fingerprint density at radius 2 is 1.76 bits per heavy atom. The third-order valence-corrected chi connectivity index (χ3v) is 6.75. The third-order valence-electron chi connectivity index (χ3n) is 5.50. The molecule has 1 amide bonds. The highest BCUT2D eigenvalue weighted by Crippen LogP contribution is 2.44. The molecular formula is C25H16ClFN2O3S. The van der Waals surface area contributed by atoms with E-state index in [1.54, 1.807) is 42.5 Å². The molecule has 0 aliphatic carbocycles. The summed E-state index contributed by atoms with van der Waals surface area (Å²) in [5.41, 5.74) is 2.41. The summed E-state index contributed by atoms with van der Waals surface area (Å²) in [6.45, 7) is 1.90. The Morgan fingerprint density at radius 3 is 2.45 bits per heavy atom. The molecule has 1 fully saturated rings. The summed E-state index contributed by atoms with van der Waals surface area (Å²) in [7, 11) is 0. The first kappa shape index (κ1) is 21.3. The van der Waals surface area contributed by atoms with Gasteiger partial charge in [0, 0.05) is 10.6 Å². The van der Waals surface area contributed by atoms with Crippen LogP contribution in [0.4, 0.5) is 9.52 Å². The van der Waals surface area contributed by atoms with Gasteiger partial charge < -0.3 is 5.11 Å². The average molecular weight is 479 g/mol. The summed E-state index contributed by atoms with van der Waals surface area (Å²) in [6, 6.07) is 16.6. The molecule has 1 atom stereocenters. The van der Waals surface area contributed by atoms with Gasteiger partial charge in [-0.2, -0.15) is 0 Å². The zero-order valence-electron chi connectivity index (χ0n) is 17.3. The van der Waals surface area contributed by atoms with Gasteiger partial charge in [0.05, 0.1) is 21.8 Å². The number of amides is 1. The zero-order chi connectivity index (χ0) is 23.3. The number of hydrogen-bond donors (Lipinski definition) is 1. The minimum Gasteiger partial charge on any atom is -0.507 e. The predicted molar refractivity (Wildman–Crippen MR) is 127 cm³/mol. The van der Waals surface area contributed by atoms with Gasteiger partial charge >= 0.3 is 5.91 Å².